The molecule has 0 aliphatic heterocycles. The van der Waals surface area contributed by atoms with Gasteiger partial charge in [0.2, 0.25) is 5.16 Å². The van der Waals surface area contributed by atoms with Crippen molar-refractivity contribution in [2.45, 2.75) is 30.7 Å². The van der Waals surface area contributed by atoms with E-state index in [4.69, 9.17) is 4.74 Å². The number of hydrogen-bond acceptors (Lipinski definition) is 6. The Kier molecular flexibility index (Phi) is 5.68. The van der Waals surface area contributed by atoms with Crippen LogP contribution in [-0.4, -0.2) is 38.4 Å². The number of benzene rings is 2. The van der Waals surface area contributed by atoms with Crippen molar-refractivity contribution in [2.24, 2.45) is 0 Å². The predicted molar refractivity (Wildman–Crippen MR) is 101 cm³/mol. The number of carbonyl (C=O) groups excluding carboxylic acids is 1. The standard InChI is InChI=1S/C19H20N4O2S/c1-4-17(18(24)14-8-10-16(25-3)11-9-14)26-19-20-21-22-23(19)15-7-5-6-13(2)12-15/h5-12,17H,4H2,1-3H3. The number of carbonyl (C=O) groups is 1. The third-order valence-electron chi connectivity index (χ3n) is 3.97. The van der Waals surface area contributed by atoms with Gasteiger partial charge in [-0.1, -0.05) is 30.8 Å². The lowest BCUT2D eigenvalue weighted by Crippen LogP contribution is -2.17. The van der Waals surface area contributed by atoms with Crippen molar-refractivity contribution in [3.63, 3.8) is 0 Å². The lowest BCUT2D eigenvalue weighted by molar-refractivity contribution is 0.0988. The van der Waals surface area contributed by atoms with Gasteiger partial charge >= 0.3 is 0 Å². The fourth-order valence-corrected chi connectivity index (χ4v) is 3.55. The number of ketones is 1. The van der Waals surface area contributed by atoms with Gasteiger partial charge in [0.15, 0.2) is 5.78 Å². The number of thioether (sulfide) groups is 1. The van der Waals surface area contributed by atoms with Crippen LogP contribution >= 0.6 is 11.8 Å². The first kappa shape index (κ1) is 18.1. The van der Waals surface area contributed by atoms with Crippen molar-refractivity contribution in [1.29, 1.82) is 0 Å². The summed E-state index contributed by atoms with van der Waals surface area (Å²) in [5, 5.41) is 12.3. The van der Waals surface area contributed by atoms with Crippen LogP contribution in [0.2, 0.25) is 0 Å². The highest BCUT2D eigenvalue weighted by Gasteiger charge is 2.23. The topological polar surface area (TPSA) is 69.9 Å². The molecule has 6 nitrogen and oxygen atoms in total. The van der Waals surface area contributed by atoms with Gasteiger partial charge in [-0.05, 0) is 65.7 Å². The summed E-state index contributed by atoms with van der Waals surface area (Å²) >= 11 is 1.38. The quantitative estimate of drug-likeness (QED) is 0.467. The lowest BCUT2D eigenvalue weighted by atomic mass is 10.1. The molecule has 0 bridgehead atoms. The van der Waals surface area contributed by atoms with E-state index < -0.39 is 0 Å². The third kappa shape index (κ3) is 3.94. The lowest BCUT2D eigenvalue weighted by Gasteiger charge is -2.13. The number of aromatic nitrogens is 4. The van der Waals surface area contributed by atoms with Gasteiger partial charge in [0.05, 0.1) is 18.0 Å². The summed E-state index contributed by atoms with van der Waals surface area (Å²) in [4.78, 5) is 12.9. The van der Waals surface area contributed by atoms with Crippen LogP contribution in [0.25, 0.3) is 5.69 Å². The minimum atomic E-state index is -0.266. The predicted octanol–water partition coefficient (Wildman–Crippen LogP) is 3.73. The van der Waals surface area contributed by atoms with Gasteiger partial charge < -0.3 is 4.74 Å². The molecule has 26 heavy (non-hydrogen) atoms. The zero-order chi connectivity index (χ0) is 18.5. The maximum atomic E-state index is 12.9. The summed E-state index contributed by atoms with van der Waals surface area (Å²) in [6, 6.07) is 15.1. The number of hydrogen-bond donors (Lipinski definition) is 0. The van der Waals surface area contributed by atoms with E-state index in [1.807, 2.05) is 38.1 Å². The van der Waals surface area contributed by atoms with Crippen molar-refractivity contribution < 1.29 is 9.53 Å². The smallest absolute Gasteiger partial charge is 0.214 e. The van der Waals surface area contributed by atoms with Crippen molar-refractivity contribution in [3.8, 4) is 11.4 Å². The van der Waals surface area contributed by atoms with E-state index in [0.29, 0.717) is 17.1 Å². The van der Waals surface area contributed by atoms with Crippen LogP contribution in [0.5, 0.6) is 5.75 Å². The number of rotatable bonds is 7. The molecule has 0 N–H and O–H groups in total. The number of ether oxygens (including phenoxy) is 1. The van der Waals surface area contributed by atoms with Crippen LogP contribution < -0.4 is 4.74 Å². The third-order valence-corrected chi connectivity index (χ3v) is 5.27. The highest BCUT2D eigenvalue weighted by Crippen LogP contribution is 2.28. The average Bonchev–Trinajstić information content (AvgIpc) is 3.14. The Hall–Kier alpha value is -2.67. The van der Waals surface area contributed by atoms with Crippen molar-refractivity contribution >= 4 is 17.5 Å². The van der Waals surface area contributed by atoms with Crippen molar-refractivity contribution in [2.75, 3.05) is 7.11 Å². The summed E-state index contributed by atoms with van der Waals surface area (Å²) in [5.41, 5.74) is 2.65. The van der Waals surface area contributed by atoms with E-state index in [-0.39, 0.29) is 11.0 Å². The monoisotopic (exact) mass is 368 g/mol. The van der Waals surface area contributed by atoms with Gasteiger partial charge in [-0.2, -0.15) is 4.68 Å². The van der Waals surface area contributed by atoms with Crippen molar-refractivity contribution in [3.05, 3.63) is 59.7 Å². The fraction of sp³-hybridized carbons (Fsp3) is 0.263. The van der Waals surface area contributed by atoms with Gasteiger partial charge in [-0.15, -0.1) is 5.10 Å². The maximum absolute atomic E-state index is 12.9. The minimum Gasteiger partial charge on any atom is -0.497 e. The molecule has 3 aromatic rings. The van der Waals surface area contributed by atoms with Crippen LogP contribution in [0.3, 0.4) is 0 Å². The van der Waals surface area contributed by atoms with E-state index in [1.54, 1.807) is 36.1 Å². The molecule has 0 aliphatic carbocycles. The van der Waals surface area contributed by atoms with Crippen LogP contribution in [0.4, 0.5) is 0 Å². The van der Waals surface area contributed by atoms with Crippen LogP contribution in [0.1, 0.15) is 29.3 Å². The zero-order valence-electron chi connectivity index (χ0n) is 14.9. The highest BCUT2D eigenvalue weighted by molar-refractivity contribution is 8.00. The molecule has 0 aliphatic rings. The number of nitrogens with zero attached hydrogens (tertiary/aromatic N) is 4. The maximum Gasteiger partial charge on any atom is 0.214 e. The molecule has 1 atom stereocenters. The molecule has 0 fully saturated rings. The van der Waals surface area contributed by atoms with Gasteiger partial charge in [0.1, 0.15) is 5.75 Å². The summed E-state index contributed by atoms with van der Waals surface area (Å²) < 4.78 is 6.82. The van der Waals surface area contributed by atoms with E-state index in [1.165, 1.54) is 11.8 Å². The molecule has 2 aromatic carbocycles. The fourth-order valence-electron chi connectivity index (χ4n) is 2.56. The molecule has 0 radical (unpaired) electrons. The molecule has 0 amide bonds. The van der Waals surface area contributed by atoms with Crippen molar-refractivity contribution in [1.82, 2.24) is 20.2 Å². The minimum absolute atomic E-state index is 0.0546. The molecule has 0 saturated carbocycles. The Morgan fingerprint density at radius 1 is 1.23 bits per heavy atom. The number of methoxy groups -OCH3 is 1. The first-order valence-corrected chi connectivity index (χ1v) is 9.20. The van der Waals surface area contributed by atoms with E-state index >= 15 is 0 Å². The molecular formula is C19H20N4O2S. The molecule has 1 heterocycles. The van der Waals surface area contributed by atoms with Crippen LogP contribution in [0.15, 0.2) is 53.7 Å². The molecule has 3 rings (SSSR count). The molecule has 0 saturated heterocycles. The SMILES string of the molecule is CCC(Sc1nnnn1-c1cccc(C)c1)C(=O)c1ccc(OC)cc1. The van der Waals surface area contributed by atoms with E-state index in [2.05, 4.69) is 15.5 Å². The zero-order valence-corrected chi connectivity index (χ0v) is 15.7. The van der Waals surface area contributed by atoms with Crippen LogP contribution in [-0.2, 0) is 0 Å². The van der Waals surface area contributed by atoms with E-state index in [0.717, 1.165) is 17.0 Å². The Morgan fingerprint density at radius 2 is 2.00 bits per heavy atom. The largest absolute Gasteiger partial charge is 0.497 e. The summed E-state index contributed by atoms with van der Waals surface area (Å²) in [5.74, 6) is 0.782. The second kappa shape index (κ2) is 8.14. The summed E-state index contributed by atoms with van der Waals surface area (Å²) in [6.45, 7) is 4.00. The normalized spacial score (nSPS) is 12.0. The van der Waals surface area contributed by atoms with Gasteiger partial charge in [0.25, 0.3) is 0 Å². The molecular weight excluding hydrogens is 348 g/mol. The summed E-state index contributed by atoms with van der Waals surface area (Å²) in [7, 11) is 1.60. The number of aryl methyl sites for hydroxylation is 1. The molecule has 0 spiro atoms. The Labute approximate surface area is 156 Å². The Morgan fingerprint density at radius 3 is 2.65 bits per heavy atom. The average molecular weight is 368 g/mol. The van der Waals surface area contributed by atoms with Gasteiger partial charge in [-0.25, -0.2) is 0 Å². The molecule has 1 aromatic heterocycles. The van der Waals surface area contributed by atoms with E-state index in [9.17, 15) is 4.79 Å². The molecule has 7 heteroatoms. The second-order valence-electron chi connectivity index (χ2n) is 5.82. The number of tetrazole rings is 1. The Bertz CT molecular complexity index is 893. The first-order valence-electron chi connectivity index (χ1n) is 8.32. The molecule has 134 valence electrons. The highest BCUT2D eigenvalue weighted by atomic mass is 32.2. The Balaban J connectivity index is 1.82. The number of Topliss-reactive ketones (excluding diaryl/α,β-unsaturated/α-hetero) is 1. The van der Waals surface area contributed by atoms with Gasteiger partial charge in [-0.3, -0.25) is 4.79 Å². The summed E-state index contributed by atoms with van der Waals surface area (Å²) in [6.07, 6.45) is 0.677. The van der Waals surface area contributed by atoms with Crippen LogP contribution in [0, 0.1) is 6.92 Å². The first-order chi connectivity index (χ1) is 12.6. The van der Waals surface area contributed by atoms with Gasteiger partial charge in [0, 0.05) is 5.56 Å². The second-order valence-corrected chi connectivity index (χ2v) is 6.99. The molecule has 1 unspecified atom stereocenters.